The Morgan fingerprint density at radius 1 is 1.03 bits per heavy atom. The van der Waals surface area contributed by atoms with E-state index in [-0.39, 0.29) is 17.5 Å². The maximum Gasteiger partial charge on any atom is 0.166 e. The van der Waals surface area contributed by atoms with E-state index in [0.717, 1.165) is 35.2 Å². The third kappa shape index (κ3) is 2.94. The van der Waals surface area contributed by atoms with Gasteiger partial charge in [0.15, 0.2) is 11.6 Å². The topological polar surface area (TPSA) is 68.4 Å². The number of aromatic amines is 1. The van der Waals surface area contributed by atoms with Crippen LogP contribution in [0.3, 0.4) is 0 Å². The Bertz CT molecular complexity index is 1200. The largest absolute Gasteiger partial charge is 0.492 e. The summed E-state index contributed by atoms with van der Waals surface area (Å²) in [7, 11) is 0. The van der Waals surface area contributed by atoms with Gasteiger partial charge < -0.3 is 14.5 Å². The van der Waals surface area contributed by atoms with Crippen LogP contribution in [0.1, 0.15) is 57.5 Å². The Morgan fingerprint density at radius 3 is 2.65 bits per heavy atom. The zero-order chi connectivity index (χ0) is 21.1. The molecule has 31 heavy (non-hydrogen) atoms. The van der Waals surface area contributed by atoms with Gasteiger partial charge in [-0.25, -0.2) is 0 Å². The summed E-state index contributed by atoms with van der Waals surface area (Å²) in [6, 6.07) is 11.9. The first-order valence-corrected chi connectivity index (χ1v) is 11.2. The molecular weight excluding hydrogens is 390 g/mol. The molecular formula is C26H25NO4. The van der Waals surface area contributed by atoms with E-state index in [1.807, 2.05) is 31.3 Å². The van der Waals surface area contributed by atoms with E-state index in [1.54, 1.807) is 6.07 Å². The molecule has 158 valence electrons. The van der Waals surface area contributed by atoms with Crippen molar-refractivity contribution in [2.24, 2.45) is 17.8 Å². The number of ether oxygens (including phenoxy) is 2. The summed E-state index contributed by atoms with van der Waals surface area (Å²) in [5.74, 6) is 2.29. The molecule has 0 spiro atoms. The van der Waals surface area contributed by atoms with Gasteiger partial charge in [-0.2, -0.15) is 0 Å². The van der Waals surface area contributed by atoms with Crippen LogP contribution in [0, 0.1) is 17.8 Å². The van der Waals surface area contributed by atoms with Crippen molar-refractivity contribution in [3.05, 3.63) is 64.8 Å². The molecule has 4 atom stereocenters. The molecule has 3 heterocycles. The minimum atomic E-state index is -0.00369. The molecule has 5 nitrogen and oxygen atoms in total. The molecule has 0 bridgehead atoms. The second-order valence-electron chi connectivity index (χ2n) is 9.03. The number of rotatable bonds is 6. The van der Waals surface area contributed by atoms with Crippen LogP contribution < -0.4 is 4.74 Å². The number of fused-ring (bicyclic) bond motifs is 3. The maximum absolute atomic E-state index is 13.2. The minimum absolute atomic E-state index is 0.00369. The van der Waals surface area contributed by atoms with Crippen LogP contribution in [0.2, 0.25) is 0 Å². The highest BCUT2D eigenvalue weighted by atomic mass is 16.5. The molecule has 1 saturated heterocycles. The predicted molar refractivity (Wildman–Crippen MR) is 117 cm³/mol. The number of hydrogen-bond donors (Lipinski definition) is 1. The molecule has 5 heteroatoms. The van der Waals surface area contributed by atoms with E-state index >= 15 is 0 Å². The molecule has 2 aliphatic heterocycles. The molecule has 3 aliphatic rings. The first-order valence-electron chi connectivity index (χ1n) is 11.2. The molecule has 1 aliphatic carbocycles. The third-order valence-corrected chi connectivity index (χ3v) is 7.38. The molecule has 6 rings (SSSR count). The lowest BCUT2D eigenvalue weighted by Gasteiger charge is -2.12. The zero-order valence-electron chi connectivity index (χ0n) is 17.5. The van der Waals surface area contributed by atoms with Crippen molar-refractivity contribution in [2.45, 2.75) is 25.7 Å². The number of benzene rings is 2. The van der Waals surface area contributed by atoms with Crippen LogP contribution in [0.4, 0.5) is 0 Å². The fraction of sp³-hybridized carbons (Fsp3) is 0.385. The Kier molecular flexibility index (Phi) is 4.29. The van der Waals surface area contributed by atoms with Crippen LogP contribution in [0.15, 0.2) is 42.6 Å². The van der Waals surface area contributed by atoms with Crippen molar-refractivity contribution >= 4 is 22.5 Å². The Balaban J connectivity index is 1.40. The fourth-order valence-electron chi connectivity index (χ4n) is 5.52. The van der Waals surface area contributed by atoms with Crippen LogP contribution in [-0.4, -0.2) is 36.4 Å². The van der Waals surface area contributed by atoms with Gasteiger partial charge in [-0.15, -0.1) is 0 Å². The summed E-state index contributed by atoms with van der Waals surface area (Å²) < 4.78 is 11.5. The van der Waals surface area contributed by atoms with Gasteiger partial charge in [0, 0.05) is 47.0 Å². The Labute approximate surface area is 180 Å². The maximum atomic E-state index is 13.2. The number of Topliss-reactive ketones (excluding diaryl/α,β-unsaturated/α-hetero) is 2. The van der Waals surface area contributed by atoms with Crippen LogP contribution in [-0.2, 0) is 4.74 Å². The second kappa shape index (κ2) is 7.06. The van der Waals surface area contributed by atoms with Crippen molar-refractivity contribution in [3.8, 4) is 5.75 Å². The average Bonchev–Trinajstić information content (AvgIpc) is 3.27. The van der Waals surface area contributed by atoms with Gasteiger partial charge >= 0.3 is 0 Å². The SMILES string of the molecule is CCC(=O)c1cc(C(=O)CC2[C@H]3COC[C@@H]23)cc2c1OCC2c1c[nH]c2ccccc12. The first kappa shape index (κ1) is 18.8. The highest BCUT2D eigenvalue weighted by molar-refractivity contribution is 6.04. The lowest BCUT2D eigenvalue weighted by atomic mass is 9.88. The minimum Gasteiger partial charge on any atom is -0.492 e. The standard InChI is InChI=1S/C26H25NO4/c1-2-24(28)18-8-14(25(29)9-16-20-11-30-12-21(16)20)7-17-22(13-31-26(17)18)19-10-27-23-6-4-3-5-15(19)23/h3-8,10,16,20-22,27H,2,9,11-13H2,1H3/t16?,20-,21+,22?. The zero-order valence-corrected chi connectivity index (χ0v) is 17.5. The van der Waals surface area contributed by atoms with Crippen molar-refractivity contribution < 1.29 is 19.1 Å². The van der Waals surface area contributed by atoms with Gasteiger partial charge in [0.2, 0.25) is 0 Å². The summed E-state index contributed by atoms with van der Waals surface area (Å²) in [5.41, 5.74) is 4.35. The van der Waals surface area contributed by atoms with Crippen molar-refractivity contribution in [3.63, 3.8) is 0 Å². The molecule has 1 N–H and O–H groups in total. The molecule has 2 fully saturated rings. The highest BCUT2D eigenvalue weighted by Crippen LogP contribution is 2.53. The van der Waals surface area contributed by atoms with Gasteiger partial charge in [0.1, 0.15) is 5.75 Å². The number of nitrogens with one attached hydrogen (secondary N) is 1. The van der Waals surface area contributed by atoms with Crippen LogP contribution >= 0.6 is 0 Å². The quantitative estimate of drug-likeness (QED) is 0.590. The summed E-state index contributed by atoms with van der Waals surface area (Å²) >= 11 is 0. The van der Waals surface area contributed by atoms with E-state index in [1.165, 1.54) is 0 Å². The van der Waals surface area contributed by atoms with Crippen molar-refractivity contribution in [1.29, 1.82) is 0 Å². The van der Waals surface area contributed by atoms with Gasteiger partial charge in [-0.1, -0.05) is 25.1 Å². The van der Waals surface area contributed by atoms with E-state index < -0.39 is 0 Å². The van der Waals surface area contributed by atoms with E-state index in [4.69, 9.17) is 9.47 Å². The molecule has 0 radical (unpaired) electrons. The third-order valence-electron chi connectivity index (χ3n) is 7.38. The average molecular weight is 415 g/mol. The van der Waals surface area contributed by atoms with Gasteiger partial charge in [-0.05, 0) is 41.5 Å². The second-order valence-corrected chi connectivity index (χ2v) is 9.03. The number of carbonyl (C=O) groups excluding carboxylic acids is 2. The van der Waals surface area contributed by atoms with Crippen molar-refractivity contribution in [2.75, 3.05) is 19.8 Å². The normalized spacial score (nSPS) is 25.8. The summed E-state index contributed by atoms with van der Waals surface area (Å²) in [6.07, 6.45) is 2.94. The lowest BCUT2D eigenvalue weighted by Crippen LogP contribution is -2.09. The molecule has 2 unspecified atom stereocenters. The number of hydrogen-bond acceptors (Lipinski definition) is 4. The Hall–Kier alpha value is -2.92. The van der Waals surface area contributed by atoms with Crippen LogP contribution in [0.5, 0.6) is 5.75 Å². The van der Waals surface area contributed by atoms with E-state index in [9.17, 15) is 9.59 Å². The summed E-state index contributed by atoms with van der Waals surface area (Å²) in [6.45, 7) is 3.88. The molecule has 1 aromatic heterocycles. The molecule has 1 saturated carbocycles. The van der Waals surface area contributed by atoms with Gasteiger partial charge in [0.05, 0.1) is 25.4 Å². The highest BCUT2D eigenvalue weighted by Gasteiger charge is 2.54. The Morgan fingerprint density at radius 2 is 1.84 bits per heavy atom. The lowest BCUT2D eigenvalue weighted by molar-refractivity contribution is 0.0951. The monoisotopic (exact) mass is 415 g/mol. The van der Waals surface area contributed by atoms with Crippen LogP contribution in [0.25, 0.3) is 10.9 Å². The number of carbonyl (C=O) groups is 2. The number of H-pyrrole nitrogens is 1. The smallest absolute Gasteiger partial charge is 0.166 e. The summed E-state index contributed by atoms with van der Waals surface area (Å²) in [5, 5.41) is 1.15. The molecule has 3 aromatic rings. The van der Waals surface area contributed by atoms with Gasteiger partial charge in [0.25, 0.3) is 0 Å². The molecule has 0 amide bonds. The summed E-state index contributed by atoms with van der Waals surface area (Å²) in [4.78, 5) is 29.3. The fourth-order valence-corrected chi connectivity index (χ4v) is 5.52. The van der Waals surface area contributed by atoms with E-state index in [2.05, 4.69) is 17.1 Å². The van der Waals surface area contributed by atoms with Gasteiger partial charge in [-0.3, -0.25) is 9.59 Å². The number of para-hydroxylation sites is 1. The predicted octanol–water partition coefficient (Wildman–Crippen LogP) is 4.75. The first-order chi connectivity index (χ1) is 15.2. The van der Waals surface area contributed by atoms with E-state index in [0.29, 0.717) is 54.1 Å². The van der Waals surface area contributed by atoms with Crippen molar-refractivity contribution in [1.82, 2.24) is 4.98 Å². The molecule has 2 aromatic carbocycles. The number of ketones is 2. The number of aromatic nitrogens is 1.